The van der Waals surface area contributed by atoms with Crippen LogP contribution in [0, 0.1) is 17.4 Å². The maximum atomic E-state index is 12.5. The number of ether oxygens (including phenoxy) is 1. The first-order valence-corrected chi connectivity index (χ1v) is 9.66. The highest BCUT2D eigenvalue weighted by Gasteiger charge is 2.21. The van der Waals surface area contributed by atoms with E-state index in [0.29, 0.717) is 9.32 Å². The number of carbonyl (C=O) groups excluding carboxylic acids is 1. The second-order valence-electron chi connectivity index (χ2n) is 5.59. The Morgan fingerprint density at radius 2 is 1.75 bits per heavy atom. The van der Waals surface area contributed by atoms with Gasteiger partial charge in [0.25, 0.3) is 0 Å². The molecule has 0 amide bonds. The highest BCUT2D eigenvalue weighted by molar-refractivity contribution is 14.1. The van der Waals surface area contributed by atoms with Crippen molar-refractivity contribution in [2.45, 2.75) is 18.7 Å². The molecular formula is C17H18INO4S. The van der Waals surface area contributed by atoms with Gasteiger partial charge in [0.15, 0.2) is 0 Å². The molecule has 2 aromatic rings. The Morgan fingerprint density at radius 1 is 1.08 bits per heavy atom. The van der Waals surface area contributed by atoms with Crippen molar-refractivity contribution in [1.29, 1.82) is 0 Å². The van der Waals surface area contributed by atoms with Crippen molar-refractivity contribution in [3.63, 3.8) is 0 Å². The summed E-state index contributed by atoms with van der Waals surface area (Å²) in [5, 5.41) is 0. The van der Waals surface area contributed by atoms with Crippen LogP contribution in [0.4, 0.5) is 0 Å². The molecule has 0 aromatic heterocycles. The molecule has 5 nitrogen and oxygen atoms in total. The van der Waals surface area contributed by atoms with Gasteiger partial charge in [-0.2, -0.15) is 0 Å². The Hall–Kier alpha value is -1.45. The molecular weight excluding hydrogens is 441 g/mol. The lowest BCUT2D eigenvalue weighted by molar-refractivity contribution is 0.0732. The molecule has 128 valence electrons. The lowest BCUT2D eigenvalue weighted by Gasteiger charge is -2.13. The van der Waals surface area contributed by atoms with E-state index in [4.69, 9.17) is 4.74 Å². The number of rotatable bonds is 4. The smallest absolute Gasteiger partial charge is 0.344 e. The van der Waals surface area contributed by atoms with E-state index in [0.717, 1.165) is 15.4 Å². The zero-order chi connectivity index (χ0) is 18.1. The molecule has 0 saturated heterocycles. The average Bonchev–Trinajstić information content (AvgIpc) is 2.50. The zero-order valence-corrected chi connectivity index (χ0v) is 16.8. The number of aryl methyl sites for hydroxylation is 2. The van der Waals surface area contributed by atoms with Crippen molar-refractivity contribution in [1.82, 2.24) is 4.31 Å². The second kappa shape index (κ2) is 7.20. The van der Waals surface area contributed by atoms with Gasteiger partial charge in [-0.15, -0.1) is 0 Å². The summed E-state index contributed by atoms with van der Waals surface area (Å²) >= 11 is 1.99. The number of esters is 1. The molecule has 0 N–H and O–H groups in total. The third-order valence-corrected chi connectivity index (χ3v) is 6.22. The number of carbonyl (C=O) groups is 1. The summed E-state index contributed by atoms with van der Waals surface area (Å²) in [6, 6.07) is 9.92. The van der Waals surface area contributed by atoms with E-state index < -0.39 is 16.0 Å². The molecule has 0 atom stereocenters. The van der Waals surface area contributed by atoms with Crippen LogP contribution in [0.1, 0.15) is 21.5 Å². The minimum absolute atomic E-state index is 0.0560. The highest BCUT2D eigenvalue weighted by Crippen LogP contribution is 2.24. The summed E-state index contributed by atoms with van der Waals surface area (Å²) in [7, 11) is -0.723. The normalized spacial score (nSPS) is 11.6. The van der Waals surface area contributed by atoms with Crippen LogP contribution in [-0.2, 0) is 10.0 Å². The van der Waals surface area contributed by atoms with Gasteiger partial charge < -0.3 is 4.74 Å². The van der Waals surface area contributed by atoms with Gasteiger partial charge in [-0.1, -0.05) is 17.7 Å². The zero-order valence-electron chi connectivity index (χ0n) is 13.8. The van der Waals surface area contributed by atoms with Crippen LogP contribution < -0.4 is 4.74 Å². The van der Waals surface area contributed by atoms with E-state index in [1.165, 1.54) is 26.2 Å². The minimum Gasteiger partial charge on any atom is -0.423 e. The van der Waals surface area contributed by atoms with E-state index >= 15 is 0 Å². The summed E-state index contributed by atoms with van der Waals surface area (Å²) < 4.78 is 31.7. The molecule has 0 aliphatic heterocycles. The number of hydrogen-bond donors (Lipinski definition) is 0. The molecule has 0 saturated carbocycles. The molecule has 0 radical (unpaired) electrons. The third kappa shape index (κ3) is 3.96. The van der Waals surface area contributed by atoms with E-state index in [-0.39, 0.29) is 10.5 Å². The average molecular weight is 459 g/mol. The topological polar surface area (TPSA) is 63.7 Å². The van der Waals surface area contributed by atoms with Crippen LogP contribution in [0.2, 0.25) is 0 Å². The van der Waals surface area contributed by atoms with Gasteiger partial charge in [-0.25, -0.2) is 17.5 Å². The maximum Gasteiger partial charge on any atom is 0.344 e. The molecule has 0 aliphatic carbocycles. The van der Waals surface area contributed by atoms with Gasteiger partial charge in [0.05, 0.1) is 10.5 Å². The molecule has 0 heterocycles. The molecule has 0 fully saturated rings. The summed E-state index contributed by atoms with van der Waals surface area (Å²) in [4.78, 5) is 12.5. The largest absolute Gasteiger partial charge is 0.423 e. The molecule has 0 bridgehead atoms. The quantitative estimate of drug-likeness (QED) is 0.400. The molecule has 0 aliphatic rings. The van der Waals surface area contributed by atoms with E-state index in [9.17, 15) is 13.2 Å². The number of halogens is 1. The highest BCUT2D eigenvalue weighted by atomic mass is 127. The van der Waals surface area contributed by atoms with Gasteiger partial charge >= 0.3 is 5.97 Å². The second-order valence-corrected chi connectivity index (χ2v) is 8.90. The summed E-state index contributed by atoms with van der Waals surface area (Å²) in [6.07, 6.45) is 0. The van der Waals surface area contributed by atoms with E-state index in [2.05, 4.69) is 0 Å². The van der Waals surface area contributed by atoms with Crippen LogP contribution in [0.15, 0.2) is 41.3 Å². The van der Waals surface area contributed by atoms with Gasteiger partial charge in [0.1, 0.15) is 5.75 Å². The van der Waals surface area contributed by atoms with E-state index in [1.807, 2.05) is 48.6 Å². The number of hydrogen-bond acceptors (Lipinski definition) is 4. The predicted molar refractivity (Wildman–Crippen MR) is 101 cm³/mol. The summed E-state index contributed by atoms with van der Waals surface area (Å²) in [5.74, 6) is -0.121. The fraction of sp³-hybridized carbons (Fsp3) is 0.235. The lowest BCUT2D eigenvalue weighted by atomic mass is 10.1. The van der Waals surface area contributed by atoms with Crippen molar-refractivity contribution in [3.05, 3.63) is 56.7 Å². The third-order valence-electron chi connectivity index (χ3n) is 3.47. The van der Waals surface area contributed by atoms with Crippen molar-refractivity contribution >= 4 is 38.6 Å². The van der Waals surface area contributed by atoms with E-state index in [1.54, 1.807) is 12.1 Å². The summed E-state index contributed by atoms with van der Waals surface area (Å²) in [5.41, 5.74) is 2.13. The van der Waals surface area contributed by atoms with Crippen LogP contribution in [0.5, 0.6) is 5.75 Å². The molecule has 0 unspecified atom stereocenters. The van der Waals surface area contributed by atoms with Crippen molar-refractivity contribution in [2.24, 2.45) is 0 Å². The lowest BCUT2D eigenvalue weighted by Crippen LogP contribution is -2.23. The molecule has 24 heavy (non-hydrogen) atoms. The van der Waals surface area contributed by atoms with Crippen molar-refractivity contribution < 1.29 is 17.9 Å². The van der Waals surface area contributed by atoms with Gasteiger partial charge in [-0.3, -0.25) is 0 Å². The minimum atomic E-state index is -3.61. The van der Waals surface area contributed by atoms with Crippen LogP contribution in [0.25, 0.3) is 0 Å². The molecule has 2 rings (SSSR count). The first kappa shape index (κ1) is 18.9. The van der Waals surface area contributed by atoms with Gasteiger partial charge in [-0.05, 0) is 66.3 Å². The van der Waals surface area contributed by atoms with Crippen molar-refractivity contribution in [3.8, 4) is 5.75 Å². The number of sulfonamides is 1. The first-order valence-electron chi connectivity index (χ1n) is 7.14. The summed E-state index contributed by atoms with van der Waals surface area (Å²) in [6.45, 7) is 3.81. The fourth-order valence-electron chi connectivity index (χ4n) is 2.10. The van der Waals surface area contributed by atoms with Gasteiger partial charge in [0.2, 0.25) is 10.0 Å². The SMILES string of the molecule is Cc1ccc(OC(=O)c2cc(S(=O)(=O)N(C)C)ccc2I)c(C)c1. The van der Waals surface area contributed by atoms with Crippen LogP contribution in [-0.4, -0.2) is 32.8 Å². The van der Waals surface area contributed by atoms with Crippen LogP contribution >= 0.6 is 22.6 Å². The molecule has 7 heteroatoms. The number of nitrogens with zero attached hydrogens (tertiary/aromatic N) is 1. The first-order chi connectivity index (χ1) is 11.1. The van der Waals surface area contributed by atoms with Crippen LogP contribution in [0.3, 0.4) is 0 Å². The van der Waals surface area contributed by atoms with Gasteiger partial charge in [0, 0.05) is 17.7 Å². The Kier molecular flexibility index (Phi) is 5.67. The molecule has 0 spiro atoms. The Morgan fingerprint density at radius 3 is 2.33 bits per heavy atom. The standard InChI is InChI=1S/C17H18INO4S/c1-11-5-8-16(12(2)9-11)23-17(20)14-10-13(6-7-15(14)18)24(21,22)19(3)4/h5-10H,1-4H3. The maximum absolute atomic E-state index is 12.5. The molecule has 2 aromatic carbocycles. The number of benzene rings is 2. The Balaban J connectivity index is 2.39. The predicted octanol–water partition coefficient (Wildman–Crippen LogP) is 3.38. The Labute approximate surface area is 155 Å². The van der Waals surface area contributed by atoms with Crippen molar-refractivity contribution in [2.75, 3.05) is 14.1 Å². The monoisotopic (exact) mass is 459 g/mol. The Bertz CT molecular complexity index is 891. The fourth-order valence-corrected chi connectivity index (χ4v) is 3.58.